The van der Waals surface area contributed by atoms with E-state index >= 15 is 0 Å². The molecule has 4 aromatic rings. The van der Waals surface area contributed by atoms with E-state index in [1.165, 1.54) is 11.0 Å². The van der Waals surface area contributed by atoms with Crippen molar-refractivity contribution < 1.29 is 13.7 Å². The quantitative estimate of drug-likeness (QED) is 0.371. The summed E-state index contributed by atoms with van der Waals surface area (Å²) in [4.78, 5) is 19.4. The highest BCUT2D eigenvalue weighted by Crippen LogP contribution is 2.39. The van der Waals surface area contributed by atoms with Gasteiger partial charge in [-0.1, -0.05) is 59.8 Å². The summed E-state index contributed by atoms with van der Waals surface area (Å²) in [6.07, 6.45) is 0. The number of carbonyl (C=O) groups excluding carboxylic acids is 1. The number of hydrogen-bond donors (Lipinski definition) is 1. The number of halogens is 1. The van der Waals surface area contributed by atoms with Crippen LogP contribution in [0.1, 0.15) is 41.1 Å². The van der Waals surface area contributed by atoms with Crippen molar-refractivity contribution in [1.29, 1.82) is 0 Å². The smallest absolute Gasteiger partial charge is 0.327 e. The maximum atomic E-state index is 14.4. The molecule has 35 heavy (non-hydrogen) atoms. The molecule has 0 bridgehead atoms. The van der Waals surface area contributed by atoms with Gasteiger partial charge in [-0.2, -0.15) is 4.98 Å². The largest absolute Gasteiger partial charge is 0.334 e. The third-order valence-electron chi connectivity index (χ3n) is 6.45. The van der Waals surface area contributed by atoms with Gasteiger partial charge in [-0.15, -0.1) is 0 Å². The Morgan fingerprint density at radius 1 is 0.914 bits per heavy atom. The number of anilines is 1. The number of amides is 2. The van der Waals surface area contributed by atoms with E-state index in [4.69, 9.17) is 4.52 Å². The summed E-state index contributed by atoms with van der Waals surface area (Å²) in [5, 5.41) is 7.26. The lowest BCUT2D eigenvalue weighted by molar-refractivity contribution is 0.244. The molecule has 1 aliphatic rings. The fraction of sp³-hybridized carbons (Fsp3) is 0.179. The van der Waals surface area contributed by atoms with Gasteiger partial charge in [-0.3, -0.25) is 4.90 Å². The van der Waals surface area contributed by atoms with Gasteiger partial charge in [0.2, 0.25) is 5.82 Å². The maximum Gasteiger partial charge on any atom is 0.327 e. The summed E-state index contributed by atoms with van der Waals surface area (Å²) in [5.41, 5.74) is 6.14. The number of urea groups is 1. The van der Waals surface area contributed by atoms with Crippen LogP contribution in [0.2, 0.25) is 0 Å². The number of nitrogens with zero attached hydrogens (tertiary/aromatic N) is 3. The molecule has 2 amide bonds. The average molecular weight is 469 g/mol. The molecule has 1 atom stereocenters. The number of rotatable bonds is 4. The van der Waals surface area contributed by atoms with Gasteiger partial charge < -0.3 is 9.84 Å². The van der Waals surface area contributed by atoms with Gasteiger partial charge in [0.1, 0.15) is 5.82 Å². The molecule has 3 aromatic carbocycles. The zero-order valence-corrected chi connectivity index (χ0v) is 20.0. The molecular weight excluding hydrogens is 443 g/mol. The minimum absolute atomic E-state index is 0.294. The zero-order chi connectivity index (χ0) is 24.7. The first-order valence-electron chi connectivity index (χ1n) is 11.4. The molecule has 1 aliphatic heterocycles. The van der Waals surface area contributed by atoms with Gasteiger partial charge in [-0.05, 0) is 62.1 Å². The van der Waals surface area contributed by atoms with E-state index < -0.39 is 6.04 Å². The number of allylic oxidation sites excluding steroid dienone is 1. The van der Waals surface area contributed by atoms with Crippen LogP contribution in [0.3, 0.4) is 0 Å². The van der Waals surface area contributed by atoms with Crippen molar-refractivity contribution in [3.63, 3.8) is 0 Å². The van der Waals surface area contributed by atoms with Crippen molar-refractivity contribution in [3.8, 4) is 11.4 Å². The minimum Gasteiger partial charge on any atom is -0.334 e. The molecule has 7 heteroatoms. The molecule has 0 spiro atoms. The molecule has 0 saturated heterocycles. The second-order valence-corrected chi connectivity index (χ2v) is 8.78. The van der Waals surface area contributed by atoms with Crippen molar-refractivity contribution >= 4 is 17.3 Å². The highest BCUT2D eigenvalue weighted by Gasteiger charge is 2.36. The number of benzene rings is 3. The highest BCUT2D eigenvalue weighted by molar-refractivity contribution is 6.01. The Morgan fingerprint density at radius 3 is 2.37 bits per heavy atom. The Balaban J connectivity index is 1.68. The molecule has 1 unspecified atom stereocenters. The predicted molar refractivity (Wildman–Crippen MR) is 133 cm³/mol. The van der Waals surface area contributed by atoms with Crippen molar-refractivity contribution in [3.05, 3.63) is 106 Å². The molecule has 1 aromatic heterocycles. The van der Waals surface area contributed by atoms with Crippen molar-refractivity contribution in [1.82, 2.24) is 15.5 Å². The molecular formula is C28H25FN4O2. The molecule has 176 valence electrons. The van der Waals surface area contributed by atoms with Crippen molar-refractivity contribution in [2.24, 2.45) is 0 Å². The third kappa shape index (κ3) is 4.10. The Kier molecular flexibility index (Phi) is 5.68. The number of nitrogens with one attached hydrogen (secondary N) is 1. The van der Waals surface area contributed by atoms with E-state index in [1.54, 1.807) is 19.1 Å². The van der Waals surface area contributed by atoms with Crippen LogP contribution in [0.25, 0.3) is 17.0 Å². The van der Waals surface area contributed by atoms with Crippen LogP contribution in [-0.2, 0) is 0 Å². The molecule has 0 aliphatic carbocycles. The monoisotopic (exact) mass is 468 g/mol. The molecule has 2 heterocycles. The molecule has 0 saturated carbocycles. The Morgan fingerprint density at radius 2 is 1.66 bits per heavy atom. The lowest BCUT2D eigenvalue weighted by Crippen LogP contribution is -2.46. The number of aromatic nitrogens is 2. The molecule has 1 N–H and O–H groups in total. The zero-order valence-electron chi connectivity index (χ0n) is 20.0. The predicted octanol–water partition coefficient (Wildman–Crippen LogP) is 6.50. The molecule has 0 fully saturated rings. The minimum atomic E-state index is -0.516. The van der Waals surface area contributed by atoms with E-state index in [0.717, 1.165) is 22.3 Å². The molecule has 5 rings (SSSR count). The van der Waals surface area contributed by atoms with Crippen LogP contribution in [0, 0.1) is 26.6 Å². The van der Waals surface area contributed by atoms with Gasteiger partial charge in [0.15, 0.2) is 0 Å². The van der Waals surface area contributed by atoms with Crippen LogP contribution < -0.4 is 10.2 Å². The number of carbonyl (C=O) groups is 1. The van der Waals surface area contributed by atoms with E-state index in [2.05, 4.69) is 15.5 Å². The average Bonchev–Trinajstić information content (AvgIpc) is 3.33. The first-order valence-corrected chi connectivity index (χ1v) is 11.4. The van der Waals surface area contributed by atoms with Gasteiger partial charge in [0.25, 0.3) is 5.89 Å². The summed E-state index contributed by atoms with van der Waals surface area (Å²) in [7, 11) is 0. The van der Waals surface area contributed by atoms with Crippen LogP contribution in [0.5, 0.6) is 0 Å². The van der Waals surface area contributed by atoms with E-state index in [0.29, 0.717) is 34.2 Å². The van der Waals surface area contributed by atoms with Crippen molar-refractivity contribution in [2.75, 3.05) is 4.90 Å². The van der Waals surface area contributed by atoms with E-state index in [1.807, 2.05) is 69.3 Å². The van der Waals surface area contributed by atoms with Crippen LogP contribution >= 0.6 is 0 Å². The SMILES string of the molecule is CC1=C(c2nc(-c3ccccc3)no2)C(c2ccc(C)c(C)c2)NC(=O)N1c1ccc(C)c(F)c1. The molecule has 0 radical (unpaired) electrons. The van der Waals surface area contributed by atoms with E-state index in [9.17, 15) is 9.18 Å². The van der Waals surface area contributed by atoms with Crippen molar-refractivity contribution in [2.45, 2.75) is 33.7 Å². The summed E-state index contributed by atoms with van der Waals surface area (Å²) in [6.45, 7) is 7.56. The van der Waals surface area contributed by atoms with Crippen LogP contribution in [0.15, 0.2) is 77.0 Å². The first kappa shape index (κ1) is 22.5. The van der Waals surface area contributed by atoms with Gasteiger partial charge in [-0.25, -0.2) is 9.18 Å². The fourth-order valence-electron chi connectivity index (χ4n) is 4.28. The Bertz CT molecular complexity index is 1460. The van der Waals surface area contributed by atoms with Crippen LogP contribution in [-0.4, -0.2) is 16.2 Å². The summed E-state index contributed by atoms with van der Waals surface area (Å²) in [5.74, 6) is 0.358. The van der Waals surface area contributed by atoms with E-state index in [-0.39, 0.29) is 11.8 Å². The Hall–Kier alpha value is -4.26. The summed E-state index contributed by atoms with van der Waals surface area (Å²) in [6, 6.07) is 19.4. The highest BCUT2D eigenvalue weighted by atomic mass is 19.1. The van der Waals surface area contributed by atoms with Gasteiger partial charge in [0, 0.05) is 11.3 Å². The second-order valence-electron chi connectivity index (χ2n) is 8.78. The normalized spacial score (nSPS) is 16.0. The van der Waals surface area contributed by atoms with Crippen LogP contribution in [0.4, 0.5) is 14.9 Å². The lowest BCUT2D eigenvalue weighted by Gasteiger charge is -2.35. The first-order chi connectivity index (χ1) is 16.8. The van der Waals surface area contributed by atoms with Gasteiger partial charge in [0.05, 0.1) is 17.3 Å². The Labute approximate surface area is 203 Å². The molecule has 6 nitrogen and oxygen atoms in total. The summed E-state index contributed by atoms with van der Waals surface area (Å²) >= 11 is 0. The second kappa shape index (κ2) is 8.83. The summed E-state index contributed by atoms with van der Waals surface area (Å²) < 4.78 is 20.1. The standard InChI is InChI=1S/C28H25FN4O2/c1-16-10-12-21(14-18(16)3)25-24(27-31-26(32-35-27)20-8-6-5-7-9-20)19(4)33(28(34)30-25)22-13-11-17(2)23(29)15-22/h5-15,25H,1-4H3,(H,30,34). The van der Waals surface area contributed by atoms with Gasteiger partial charge >= 0.3 is 6.03 Å². The number of hydrogen-bond acceptors (Lipinski definition) is 4. The maximum absolute atomic E-state index is 14.4. The fourth-order valence-corrected chi connectivity index (χ4v) is 4.28. The number of aryl methyl sites for hydroxylation is 3. The topological polar surface area (TPSA) is 71.3 Å². The lowest BCUT2D eigenvalue weighted by atomic mass is 9.92. The third-order valence-corrected chi connectivity index (χ3v) is 6.45.